The maximum atomic E-state index is 5.89. The Morgan fingerprint density at radius 1 is 1.39 bits per heavy atom. The second-order valence-electron chi connectivity index (χ2n) is 5.13. The van der Waals surface area contributed by atoms with E-state index >= 15 is 0 Å². The molecule has 1 aliphatic rings. The van der Waals surface area contributed by atoms with Gasteiger partial charge >= 0.3 is 0 Å². The van der Waals surface area contributed by atoms with Gasteiger partial charge in [0.2, 0.25) is 0 Å². The van der Waals surface area contributed by atoms with Crippen LogP contribution in [0.5, 0.6) is 0 Å². The van der Waals surface area contributed by atoms with Gasteiger partial charge in [-0.15, -0.1) is 0 Å². The van der Waals surface area contributed by atoms with E-state index in [9.17, 15) is 0 Å². The summed E-state index contributed by atoms with van der Waals surface area (Å²) in [7, 11) is 0. The van der Waals surface area contributed by atoms with Gasteiger partial charge in [-0.3, -0.25) is 0 Å². The van der Waals surface area contributed by atoms with Crippen molar-refractivity contribution < 1.29 is 4.74 Å². The van der Waals surface area contributed by atoms with Gasteiger partial charge in [0.25, 0.3) is 0 Å². The fourth-order valence-electron chi connectivity index (χ4n) is 2.52. The summed E-state index contributed by atoms with van der Waals surface area (Å²) < 4.78 is 5.89. The molecule has 18 heavy (non-hydrogen) atoms. The van der Waals surface area contributed by atoms with E-state index in [4.69, 9.17) is 4.74 Å². The first kappa shape index (κ1) is 14.0. The molecule has 0 radical (unpaired) electrons. The Morgan fingerprint density at radius 3 is 2.94 bits per heavy atom. The number of rotatable bonds is 5. The summed E-state index contributed by atoms with van der Waals surface area (Å²) in [6, 6.07) is 9.14. The van der Waals surface area contributed by atoms with Gasteiger partial charge in [-0.25, -0.2) is 0 Å². The van der Waals surface area contributed by atoms with Crippen LogP contribution < -0.4 is 5.32 Å². The predicted octanol–water partition coefficient (Wildman–Crippen LogP) is 3.45. The summed E-state index contributed by atoms with van der Waals surface area (Å²) >= 11 is 3.60. The molecule has 1 heterocycles. The normalized spacial score (nSPS) is 22.3. The molecule has 2 nitrogen and oxygen atoms in total. The average molecular weight is 312 g/mol. The second-order valence-corrected chi connectivity index (χ2v) is 6.70. The molecule has 1 aromatic rings. The second kappa shape index (κ2) is 6.69. The van der Waals surface area contributed by atoms with Crippen molar-refractivity contribution in [2.24, 2.45) is 0 Å². The van der Waals surface area contributed by atoms with Crippen LogP contribution >= 0.6 is 15.9 Å². The zero-order chi connectivity index (χ0) is 13.0. The van der Waals surface area contributed by atoms with E-state index in [1.54, 1.807) is 0 Å². The van der Waals surface area contributed by atoms with Crippen LogP contribution in [0.2, 0.25) is 0 Å². The fourth-order valence-corrected chi connectivity index (χ4v) is 3.09. The van der Waals surface area contributed by atoms with Gasteiger partial charge in [0.05, 0.1) is 12.7 Å². The summed E-state index contributed by atoms with van der Waals surface area (Å²) in [5.41, 5.74) is 2.80. The number of halogens is 1. The zero-order valence-corrected chi connectivity index (χ0v) is 12.7. The maximum Gasteiger partial charge on any atom is 0.0952 e. The number of hydrogen-bond donors (Lipinski definition) is 1. The Morgan fingerprint density at radius 2 is 2.17 bits per heavy atom. The smallest absolute Gasteiger partial charge is 0.0952 e. The van der Waals surface area contributed by atoms with Gasteiger partial charge in [0.1, 0.15) is 0 Å². The summed E-state index contributed by atoms with van der Waals surface area (Å²) in [5.74, 6) is 0. The Hall–Kier alpha value is -0.380. The molecule has 0 saturated carbocycles. The topological polar surface area (TPSA) is 21.3 Å². The molecule has 1 N–H and O–H groups in total. The SMILES string of the molecule is CC(Br)CC(C)NCC1OCCc2ccccc21. The number of ether oxygens (including phenoxy) is 1. The third-order valence-corrected chi connectivity index (χ3v) is 3.80. The van der Waals surface area contributed by atoms with Gasteiger partial charge in [-0.2, -0.15) is 0 Å². The minimum Gasteiger partial charge on any atom is -0.372 e. The van der Waals surface area contributed by atoms with E-state index in [1.165, 1.54) is 11.1 Å². The van der Waals surface area contributed by atoms with Crippen molar-refractivity contribution in [1.82, 2.24) is 5.32 Å². The van der Waals surface area contributed by atoms with E-state index < -0.39 is 0 Å². The third kappa shape index (κ3) is 3.81. The van der Waals surface area contributed by atoms with Crippen LogP contribution in [-0.4, -0.2) is 24.0 Å². The predicted molar refractivity (Wildman–Crippen MR) is 79.3 cm³/mol. The van der Waals surface area contributed by atoms with Crippen LogP contribution in [0.1, 0.15) is 37.5 Å². The Labute approximate surface area is 118 Å². The van der Waals surface area contributed by atoms with Crippen molar-refractivity contribution in [2.45, 2.75) is 43.7 Å². The molecule has 0 spiro atoms. The summed E-state index contributed by atoms with van der Waals surface area (Å²) in [6.45, 7) is 6.15. The lowest BCUT2D eigenvalue weighted by Gasteiger charge is -2.27. The highest BCUT2D eigenvalue weighted by Gasteiger charge is 2.20. The highest BCUT2D eigenvalue weighted by atomic mass is 79.9. The van der Waals surface area contributed by atoms with Gasteiger partial charge in [-0.1, -0.05) is 47.1 Å². The van der Waals surface area contributed by atoms with Gasteiger partial charge < -0.3 is 10.1 Å². The molecule has 1 aromatic carbocycles. The first-order chi connectivity index (χ1) is 8.66. The summed E-state index contributed by atoms with van der Waals surface area (Å²) in [6.07, 6.45) is 2.39. The minimum absolute atomic E-state index is 0.211. The Bertz CT molecular complexity index is 381. The molecule has 0 bridgehead atoms. The van der Waals surface area contributed by atoms with Gasteiger partial charge in [0, 0.05) is 17.4 Å². The van der Waals surface area contributed by atoms with Crippen molar-refractivity contribution in [2.75, 3.05) is 13.2 Å². The lowest BCUT2D eigenvalue weighted by molar-refractivity contribution is 0.0408. The highest BCUT2D eigenvalue weighted by molar-refractivity contribution is 9.09. The lowest BCUT2D eigenvalue weighted by Crippen LogP contribution is -2.34. The van der Waals surface area contributed by atoms with Gasteiger partial charge in [0.15, 0.2) is 0 Å². The van der Waals surface area contributed by atoms with E-state index in [0.29, 0.717) is 10.9 Å². The van der Waals surface area contributed by atoms with Crippen molar-refractivity contribution in [1.29, 1.82) is 0 Å². The summed E-state index contributed by atoms with van der Waals surface area (Å²) in [4.78, 5) is 0.555. The standard InChI is InChI=1S/C15H22BrNO/c1-11(16)9-12(2)17-10-15-14-6-4-3-5-13(14)7-8-18-15/h3-6,11-12,15,17H,7-10H2,1-2H3. The molecule has 3 atom stereocenters. The molecule has 3 unspecified atom stereocenters. The summed E-state index contributed by atoms with van der Waals surface area (Å²) in [5, 5.41) is 3.57. The highest BCUT2D eigenvalue weighted by Crippen LogP contribution is 2.26. The van der Waals surface area contributed by atoms with E-state index in [2.05, 4.69) is 59.4 Å². The van der Waals surface area contributed by atoms with Crippen molar-refractivity contribution >= 4 is 15.9 Å². The molecule has 0 fully saturated rings. The number of hydrogen-bond acceptors (Lipinski definition) is 2. The van der Waals surface area contributed by atoms with Crippen LogP contribution in [0.25, 0.3) is 0 Å². The van der Waals surface area contributed by atoms with Gasteiger partial charge in [-0.05, 0) is 30.9 Å². The molecule has 0 amide bonds. The van der Waals surface area contributed by atoms with E-state index in [1.807, 2.05) is 0 Å². The monoisotopic (exact) mass is 311 g/mol. The Kier molecular flexibility index (Phi) is 5.22. The molecule has 2 rings (SSSR count). The minimum atomic E-state index is 0.211. The van der Waals surface area contributed by atoms with E-state index in [0.717, 1.165) is 26.0 Å². The average Bonchev–Trinajstić information content (AvgIpc) is 2.35. The zero-order valence-electron chi connectivity index (χ0n) is 11.2. The number of benzene rings is 1. The first-order valence-corrected chi connectivity index (χ1v) is 7.65. The number of alkyl halides is 1. The van der Waals surface area contributed by atoms with Crippen LogP contribution in [0.4, 0.5) is 0 Å². The maximum absolute atomic E-state index is 5.89. The Balaban J connectivity index is 1.91. The molecule has 0 aliphatic carbocycles. The number of nitrogens with one attached hydrogen (secondary N) is 1. The van der Waals surface area contributed by atoms with Crippen LogP contribution in [0.15, 0.2) is 24.3 Å². The fraction of sp³-hybridized carbons (Fsp3) is 0.600. The molecule has 1 aliphatic heterocycles. The molecular weight excluding hydrogens is 290 g/mol. The third-order valence-electron chi connectivity index (χ3n) is 3.42. The number of fused-ring (bicyclic) bond motifs is 1. The van der Waals surface area contributed by atoms with Crippen molar-refractivity contribution in [3.8, 4) is 0 Å². The van der Waals surface area contributed by atoms with Crippen LogP contribution in [0, 0.1) is 0 Å². The molecular formula is C15H22BrNO. The van der Waals surface area contributed by atoms with Crippen LogP contribution in [0.3, 0.4) is 0 Å². The molecule has 3 heteroatoms. The van der Waals surface area contributed by atoms with E-state index in [-0.39, 0.29) is 6.10 Å². The largest absolute Gasteiger partial charge is 0.372 e. The van der Waals surface area contributed by atoms with Crippen LogP contribution in [-0.2, 0) is 11.2 Å². The van der Waals surface area contributed by atoms with Crippen molar-refractivity contribution in [3.63, 3.8) is 0 Å². The lowest BCUT2D eigenvalue weighted by atomic mass is 9.97. The molecule has 0 saturated heterocycles. The molecule has 0 aromatic heterocycles. The first-order valence-electron chi connectivity index (χ1n) is 6.73. The molecule has 100 valence electrons. The quantitative estimate of drug-likeness (QED) is 0.841. The van der Waals surface area contributed by atoms with Crippen molar-refractivity contribution in [3.05, 3.63) is 35.4 Å².